The van der Waals surface area contributed by atoms with Crippen LogP contribution in [0.2, 0.25) is 0 Å². The van der Waals surface area contributed by atoms with Crippen molar-refractivity contribution in [3.8, 4) is 0 Å². The van der Waals surface area contributed by atoms with Gasteiger partial charge in [-0.3, -0.25) is 4.79 Å². The molecule has 0 bridgehead atoms. The molecule has 0 spiro atoms. The van der Waals surface area contributed by atoms with Gasteiger partial charge in [0.15, 0.2) is 0 Å². The van der Waals surface area contributed by atoms with Crippen molar-refractivity contribution in [2.24, 2.45) is 11.3 Å². The number of allylic oxidation sites excluding steroid dienone is 1. The highest BCUT2D eigenvalue weighted by atomic mass is 16.1. The number of carbonyl (C=O) groups is 2. The molecule has 2 nitrogen and oxygen atoms in total. The summed E-state index contributed by atoms with van der Waals surface area (Å²) in [5, 5.41) is 0. The van der Waals surface area contributed by atoms with E-state index in [2.05, 4.69) is 6.58 Å². The normalized spacial score (nSPS) is 33.4. The van der Waals surface area contributed by atoms with Crippen molar-refractivity contribution in [1.29, 1.82) is 0 Å². The number of ketones is 1. The van der Waals surface area contributed by atoms with E-state index < -0.39 is 0 Å². The lowest BCUT2D eigenvalue weighted by Crippen LogP contribution is -2.25. The van der Waals surface area contributed by atoms with E-state index in [0.29, 0.717) is 19.3 Å². The Kier molecular flexibility index (Phi) is 2.69. The van der Waals surface area contributed by atoms with Crippen LogP contribution in [0.25, 0.3) is 0 Å². The molecule has 0 aromatic heterocycles. The fraction of sp³-hybridized carbons (Fsp3) is 0.636. The van der Waals surface area contributed by atoms with Crippen LogP contribution in [0.1, 0.15) is 33.1 Å². The molecule has 0 saturated heterocycles. The first kappa shape index (κ1) is 10.2. The van der Waals surface area contributed by atoms with Gasteiger partial charge in [0.2, 0.25) is 0 Å². The summed E-state index contributed by atoms with van der Waals surface area (Å²) >= 11 is 0. The standard InChI is InChI=1S/C11H16O2/c1-8(2)11(4-5-12)7-10(13)6-9(11)3/h5,9H,1,4,6-7H2,2-3H3/t9-,11-/m0/s1. The predicted octanol–water partition coefficient (Wildman–Crippen LogP) is 2.14. The van der Waals surface area contributed by atoms with Gasteiger partial charge in [-0.1, -0.05) is 19.1 Å². The Morgan fingerprint density at radius 3 is 2.69 bits per heavy atom. The number of carbonyl (C=O) groups excluding carboxylic acids is 2. The van der Waals surface area contributed by atoms with Gasteiger partial charge in [-0.05, 0) is 12.8 Å². The van der Waals surface area contributed by atoms with Gasteiger partial charge >= 0.3 is 0 Å². The van der Waals surface area contributed by atoms with Gasteiger partial charge in [-0.2, -0.15) is 0 Å². The minimum absolute atomic E-state index is 0.237. The molecule has 0 unspecified atom stereocenters. The molecule has 1 rings (SSSR count). The summed E-state index contributed by atoms with van der Waals surface area (Å²) in [5.41, 5.74) is 0.733. The molecule has 0 aromatic carbocycles. The monoisotopic (exact) mass is 180 g/mol. The fourth-order valence-corrected chi connectivity index (χ4v) is 2.30. The first-order valence-electron chi connectivity index (χ1n) is 4.64. The molecule has 0 aliphatic heterocycles. The van der Waals surface area contributed by atoms with Crippen LogP contribution >= 0.6 is 0 Å². The largest absolute Gasteiger partial charge is 0.303 e. The molecule has 1 saturated carbocycles. The number of Topliss-reactive ketones (excluding diaryl/α,β-unsaturated/α-hetero) is 1. The van der Waals surface area contributed by atoms with Crippen molar-refractivity contribution in [3.05, 3.63) is 12.2 Å². The average Bonchev–Trinajstić information content (AvgIpc) is 2.28. The topological polar surface area (TPSA) is 34.1 Å². The summed E-state index contributed by atoms with van der Waals surface area (Å²) in [6.45, 7) is 7.85. The zero-order chi connectivity index (χ0) is 10.1. The van der Waals surface area contributed by atoms with Gasteiger partial charge in [-0.15, -0.1) is 0 Å². The summed E-state index contributed by atoms with van der Waals surface area (Å²) in [4.78, 5) is 21.9. The SMILES string of the molecule is C=C(C)[C@]1(CC=O)CC(=O)C[C@@H]1C. The Hall–Kier alpha value is -0.920. The van der Waals surface area contributed by atoms with Gasteiger partial charge in [0.05, 0.1) is 0 Å². The molecular weight excluding hydrogens is 164 g/mol. The van der Waals surface area contributed by atoms with Crippen molar-refractivity contribution < 1.29 is 9.59 Å². The minimum Gasteiger partial charge on any atom is -0.303 e. The Labute approximate surface area is 79.0 Å². The summed E-state index contributed by atoms with van der Waals surface area (Å²) in [7, 11) is 0. The molecule has 2 atom stereocenters. The lowest BCUT2D eigenvalue weighted by Gasteiger charge is -2.31. The molecule has 1 aliphatic carbocycles. The van der Waals surface area contributed by atoms with E-state index in [1.165, 1.54) is 0 Å². The van der Waals surface area contributed by atoms with Crippen molar-refractivity contribution in [2.75, 3.05) is 0 Å². The third kappa shape index (κ3) is 1.58. The predicted molar refractivity (Wildman–Crippen MR) is 51.3 cm³/mol. The maximum atomic E-state index is 11.3. The zero-order valence-corrected chi connectivity index (χ0v) is 8.30. The van der Waals surface area contributed by atoms with E-state index in [4.69, 9.17) is 0 Å². The number of rotatable bonds is 3. The first-order chi connectivity index (χ1) is 6.03. The molecule has 1 fully saturated rings. The highest BCUT2D eigenvalue weighted by Gasteiger charge is 2.44. The quantitative estimate of drug-likeness (QED) is 0.492. The maximum absolute atomic E-state index is 11.3. The van der Waals surface area contributed by atoms with Crippen LogP contribution in [0.4, 0.5) is 0 Å². The molecule has 0 amide bonds. The second-order valence-corrected chi connectivity index (χ2v) is 4.13. The highest BCUT2D eigenvalue weighted by Crippen LogP contribution is 2.48. The van der Waals surface area contributed by atoms with Gasteiger partial charge in [0, 0.05) is 24.7 Å². The van der Waals surface area contributed by atoms with Crippen molar-refractivity contribution in [2.45, 2.75) is 33.1 Å². The Balaban J connectivity index is 2.96. The van der Waals surface area contributed by atoms with E-state index >= 15 is 0 Å². The lowest BCUT2D eigenvalue weighted by molar-refractivity contribution is -0.118. The van der Waals surface area contributed by atoms with Crippen LogP contribution in [-0.4, -0.2) is 12.1 Å². The zero-order valence-electron chi connectivity index (χ0n) is 8.30. The van der Waals surface area contributed by atoms with Crippen LogP contribution < -0.4 is 0 Å². The molecule has 1 aliphatic rings. The summed E-state index contributed by atoms with van der Waals surface area (Å²) in [6, 6.07) is 0. The van der Waals surface area contributed by atoms with E-state index in [0.717, 1.165) is 11.9 Å². The van der Waals surface area contributed by atoms with E-state index in [-0.39, 0.29) is 17.1 Å². The van der Waals surface area contributed by atoms with Crippen LogP contribution in [0, 0.1) is 11.3 Å². The van der Waals surface area contributed by atoms with Crippen LogP contribution in [0.5, 0.6) is 0 Å². The van der Waals surface area contributed by atoms with Crippen LogP contribution in [0.15, 0.2) is 12.2 Å². The molecule has 0 N–H and O–H groups in total. The second-order valence-electron chi connectivity index (χ2n) is 4.13. The molecule has 0 aromatic rings. The Morgan fingerprint density at radius 1 is 1.77 bits per heavy atom. The maximum Gasteiger partial charge on any atom is 0.134 e. The van der Waals surface area contributed by atoms with Gasteiger partial charge in [0.1, 0.15) is 12.1 Å². The minimum atomic E-state index is -0.237. The molecule has 72 valence electrons. The number of hydrogen-bond acceptors (Lipinski definition) is 2. The van der Waals surface area contributed by atoms with Crippen LogP contribution in [-0.2, 0) is 9.59 Å². The summed E-state index contributed by atoms with van der Waals surface area (Å²) in [5.74, 6) is 0.528. The molecule has 2 heteroatoms. The summed E-state index contributed by atoms with van der Waals surface area (Å²) < 4.78 is 0. The average molecular weight is 180 g/mol. The lowest BCUT2D eigenvalue weighted by atomic mass is 9.71. The third-order valence-corrected chi connectivity index (χ3v) is 3.29. The van der Waals surface area contributed by atoms with Gasteiger partial charge in [0.25, 0.3) is 0 Å². The second kappa shape index (κ2) is 3.44. The molecule has 0 heterocycles. The first-order valence-corrected chi connectivity index (χ1v) is 4.64. The van der Waals surface area contributed by atoms with Gasteiger partial charge < -0.3 is 4.79 Å². The summed E-state index contributed by atoms with van der Waals surface area (Å²) in [6.07, 6.45) is 2.45. The molecule has 13 heavy (non-hydrogen) atoms. The van der Waals surface area contributed by atoms with Crippen molar-refractivity contribution in [1.82, 2.24) is 0 Å². The number of hydrogen-bond donors (Lipinski definition) is 0. The highest BCUT2D eigenvalue weighted by molar-refractivity contribution is 5.83. The fourth-order valence-electron chi connectivity index (χ4n) is 2.30. The third-order valence-electron chi connectivity index (χ3n) is 3.29. The van der Waals surface area contributed by atoms with Crippen molar-refractivity contribution >= 4 is 12.1 Å². The van der Waals surface area contributed by atoms with Gasteiger partial charge in [-0.25, -0.2) is 0 Å². The molecular formula is C11H16O2. The Bertz CT molecular complexity index is 255. The number of aldehydes is 1. The Morgan fingerprint density at radius 2 is 2.38 bits per heavy atom. The van der Waals surface area contributed by atoms with E-state index in [9.17, 15) is 9.59 Å². The van der Waals surface area contributed by atoms with Crippen molar-refractivity contribution in [3.63, 3.8) is 0 Å². The van der Waals surface area contributed by atoms with Crippen LogP contribution in [0.3, 0.4) is 0 Å². The molecule has 0 radical (unpaired) electrons. The smallest absolute Gasteiger partial charge is 0.134 e. The van der Waals surface area contributed by atoms with E-state index in [1.807, 2.05) is 13.8 Å². The van der Waals surface area contributed by atoms with E-state index in [1.54, 1.807) is 0 Å².